The molecule has 0 unspecified atom stereocenters. The van der Waals surface area contributed by atoms with Gasteiger partial charge in [0.25, 0.3) is 0 Å². The van der Waals surface area contributed by atoms with Crippen molar-refractivity contribution in [2.45, 2.75) is 36.6 Å². The predicted molar refractivity (Wildman–Crippen MR) is 80.8 cm³/mol. The lowest BCUT2D eigenvalue weighted by Gasteiger charge is -2.24. The van der Waals surface area contributed by atoms with Gasteiger partial charge in [0.05, 0.1) is 9.37 Å². The minimum atomic E-state index is -3.58. The largest absolute Gasteiger partial charge is 0.398 e. The molecule has 1 aromatic rings. The molecule has 0 spiro atoms. The van der Waals surface area contributed by atoms with Gasteiger partial charge in [-0.3, -0.25) is 0 Å². The fourth-order valence-corrected chi connectivity index (χ4v) is 5.06. The maximum absolute atomic E-state index is 12.6. The molecule has 0 atom stereocenters. The summed E-state index contributed by atoms with van der Waals surface area (Å²) in [6.45, 7) is 0. The van der Waals surface area contributed by atoms with Crippen LogP contribution in [-0.4, -0.2) is 25.8 Å². The molecule has 0 saturated heterocycles. The van der Waals surface area contributed by atoms with Gasteiger partial charge in [-0.25, -0.2) is 8.42 Å². The summed E-state index contributed by atoms with van der Waals surface area (Å²) in [7, 11) is -1.96. The standard InChI is InChI=1S/C12H16BrClN2O2S/c1-16(9-4-2-3-5-9)19(17,18)11-7-8(14)6-10(15)12(11)13/h6-7,9H,2-5,15H2,1H3. The second kappa shape index (κ2) is 5.60. The SMILES string of the molecule is CN(C1CCCC1)S(=O)(=O)c1cc(Cl)cc(N)c1Br. The highest BCUT2D eigenvalue weighted by Crippen LogP contribution is 2.35. The molecule has 2 rings (SSSR count). The van der Waals surface area contributed by atoms with E-state index in [0.717, 1.165) is 25.7 Å². The van der Waals surface area contributed by atoms with Crippen LogP contribution in [0.1, 0.15) is 25.7 Å². The highest BCUT2D eigenvalue weighted by molar-refractivity contribution is 9.10. The summed E-state index contributed by atoms with van der Waals surface area (Å²) in [5, 5.41) is 0.319. The van der Waals surface area contributed by atoms with Gasteiger partial charge >= 0.3 is 0 Å². The molecule has 2 N–H and O–H groups in total. The Morgan fingerprint density at radius 3 is 2.53 bits per heavy atom. The van der Waals surface area contributed by atoms with E-state index >= 15 is 0 Å². The third kappa shape index (κ3) is 2.91. The third-order valence-corrected chi connectivity index (χ3v) is 6.83. The number of anilines is 1. The molecule has 1 saturated carbocycles. The molecular weight excluding hydrogens is 352 g/mol. The molecular formula is C12H16BrClN2O2S. The number of rotatable bonds is 3. The van der Waals surface area contributed by atoms with Crippen LogP contribution in [0.5, 0.6) is 0 Å². The summed E-state index contributed by atoms with van der Waals surface area (Å²) in [6, 6.07) is 3.03. The van der Waals surface area contributed by atoms with Gasteiger partial charge in [-0.1, -0.05) is 24.4 Å². The molecule has 19 heavy (non-hydrogen) atoms. The number of halogens is 2. The van der Waals surface area contributed by atoms with Crippen molar-refractivity contribution in [1.82, 2.24) is 4.31 Å². The van der Waals surface area contributed by atoms with Gasteiger partial charge in [0.15, 0.2) is 0 Å². The van der Waals surface area contributed by atoms with E-state index in [0.29, 0.717) is 15.2 Å². The molecule has 1 aliphatic rings. The van der Waals surface area contributed by atoms with Crippen molar-refractivity contribution in [2.75, 3.05) is 12.8 Å². The van der Waals surface area contributed by atoms with E-state index in [4.69, 9.17) is 17.3 Å². The summed E-state index contributed by atoms with van der Waals surface area (Å²) < 4.78 is 27.1. The van der Waals surface area contributed by atoms with Crippen molar-refractivity contribution in [3.8, 4) is 0 Å². The van der Waals surface area contributed by atoms with Gasteiger partial charge in [0, 0.05) is 23.8 Å². The first-order valence-electron chi connectivity index (χ1n) is 6.06. The van der Waals surface area contributed by atoms with Crippen molar-refractivity contribution < 1.29 is 8.42 Å². The Labute approximate surface area is 127 Å². The Kier molecular flexibility index (Phi) is 4.45. The lowest BCUT2D eigenvalue weighted by atomic mass is 10.3. The van der Waals surface area contributed by atoms with Gasteiger partial charge in [-0.15, -0.1) is 0 Å². The lowest BCUT2D eigenvalue weighted by molar-refractivity contribution is 0.373. The number of nitrogen functional groups attached to an aromatic ring is 1. The lowest BCUT2D eigenvalue weighted by Crippen LogP contribution is -2.35. The summed E-state index contributed by atoms with van der Waals surface area (Å²) in [6.07, 6.45) is 3.96. The highest BCUT2D eigenvalue weighted by atomic mass is 79.9. The topological polar surface area (TPSA) is 63.4 Å². The number of nitrogens with two attached hydrogens (primary N) is 1. The van der Waals surface area contributed by atoms with E-state index in [1.54, 1.807) is 7.05 Å². The average molecular weight is 368 g/mol. The number of nitrogens with zero attached hydrogens (tertiary/aromatic N) is 1. The van der Waals surface area contributed by atoms with Gasteiger partial charge in [-0.05, 0) is 40.9 Å². The maximum atomic E-state index is 12.6. The van der Waals surface area contributed by atoms with Crippen LogP contribution in [0.15, 0.2) is 21.5 Å². The van der Waals surface area contributed by atoms with Crippen molar-refractivity contribution in [2.24, 2.45) is 0 Å². The molecule has 0 aliphatic heterocycles. The normalized spacial score (nSPS) is 17.3. The van der Waals surface area contributed by atoms with Gasteiger partial charge in [-0.2, -0.15) is 4.31 Å². The van der Waals surface area contributed by atoms with E-state index in [9.17, 15) is 8.42 Å². The fraction of sp³-hybridized carbons (Fsp3) is 0.500. The number of hydrogen-bond acceptors (Lipinski definition) is 3. The van der Waals surface area contributed by atoms with Crippen LogP contribution in [0, 0.1) is 0 Å². The smallest absolute Gasteiger partial charge is 0.244 e. The van der Waals surface area contributed by atoms with E-state index in [-0.39, 0.29) is 10.9 Å². The van der Waals surface area contributed by atoms with E-state index in [1.807, 2.05) is 0 Å². The molecule has 0 aromatic heterocycles. The number of sulfonamides is 1. The predicted octanol–water partition coefficient (Wildman–Crippen LogP) is 3.25. The fourth-order valence-electron chi connectivity index (χ4n) is 2.39. The van der Waals surface area contributed by atoms with Crippen LogP contribution < -0.4 is 5.73 Å². The van der Waals surface area contributed by atoms with Crippen LogP contribution in [-0.2, 0) is 10.0 Å². The average Bonchev–Trinajstić information content (AvgIpc) is 2.86. The van der Waals surface area contributed by atoms with Crippen LogP contribution in [0.25, 0.3) is 0 Å². The molecule has 1 aliphatic carbocycles. The Balaban J connectivity index is 2.44. The van der Waals surface area contributed by atoms with Gasteiger partial charge in [0.2, 0.25) is 10.0 Å². The van der Waals surface area contributed by atoms with Crippen molar-refractivity contribution in [3.05, 3.63) is 21.6 Å². The molecule has 1 aromatic carbocycles. The van der Waals surface area contributed by atoms with Gasteiger partial charge in [0.1, 0.15) is 0 Å². The minimum absolute atomic E-state index is 0.0668. The Hall–Kier alpha value is -0.300. The summed E-state index contributed by atoms with van der Waals surface area (Å²) in [4.78, 5) is 0.131. The first-order chi connectivity index (χ1) is 8.84. The molecule has 1 fully saturated rings. The zero-order valence-corrected chi connectivity index (χ0v) is 13.7. The minimum Gasteiger partial charge on any atom is -0.398 e. The van der Waals surface area contributed by atoms with Crippen LogP contribution in [0.2, 0.25) is 5.02 Å². The van der Waals surface area contributed by atoms with E-state index in [1.165, 1.54) is 16.4 Å². The van der Waals surface area contributed by atoms with Crippen LogP contribution in [0.3, 0.4) is 0 Å². The molecule has 0 amide bonds. The molecule has 106 valence electrons. The Bertz CT molecular complexity index is 586. The molecule has 4 nitrogen and oxygen atoms in total. The first-order valence-corrected chi connectivity index (χ1v) is 8.67. The summed E-state index contributed by atoms with van der Waals surface area (Å²) >= 11 is 9.15. The number of hydrogen-bond donors (Lipinski definition) is 1. The second-order valence-electron chi connectivity index (χ2n) is 4.77. The molecule has 0 bridgehead atoms. The summed E-state index contributed by atoms with van der Waals surface area (Å²) in [5.74, 6) is 0. The van der Waals surface area contributed by atoms with Crippen molar-refractivity contribution in [3.63, 3.8) is 0 Å². The number of benzene rings is 1. The van der Waals surface area contributed by atoms with E-state index < -0.39 is 10.0 Å². The van der Waals surface area contributed by atoms with Gasteiger partial charge < -0.3 is 5.73 Å². The van der Waals surface area contributed by atoms with Crippen LogP contribution >= 0.6 is 27.5 Å². The second-order valence-corrected chi connectivity index (χ2v) is 7.96. The highest BCUT2D eigenvalue weighted by Gasteiger charge is 2.32. The molecule has 7 heteroatoms. The Morgan fingerprint density at radius 2 is 1.95 bits per heavy atom. The van der Waals surface area contributed by atoms with Crippen LogP contribution in [0.4, 0.5) is 5.69 Å². The third-order valence-electron chi connectivity index (χ3n) is 3.53. The maximum Gasteiger partial charge on any atom is 0.244 e. The molecule has 0 heterocycles. The molecule has 0 radical (unpaired) electrons. The quantitative estimate of drug-likeness (QED) is 0.834. The zero-order chi connectivity index (χ0) is 14.2. The van der Waals surface area contributed by atoms with E-state index in [2.05, 4.69) is 15.9 Å². The zero-order valence-electron chi connectivity index (χ0n) is 10.6. The van der Waals surface area contributed by atoms with Crippen molar-refractivity contribution >= 4 is 43.2 Å². The monoisotopic (exact) mass is 366 g/mol. The van der Waals surface area contributed by atoms with Crippen molar-refractivity contribution in [1.29, 1.82) is 0 Å². The Morgan fingerprint density at radius 1 is 1.37 bits per heavy atom. The summed E-state index contributed by atoms with van der Waals surface area (Å²) in [5.41, 5.74) is 6.08. The first kappa shape index (κ1) is 15.1.